The van der Waals surface area contributed by atoms with E-state index in [2.05, 4.69) is 17.2 Å². The van der Waals surface area contributed by atoms with Crippen LogP contribution in [0.4, 0.5) is 5.82 Å². The molecule has 98 valence electrons. The molecule has 1 fully saturated rings. The Labute approximate surface area is 108 Å². The maximum absolute atomic E-state index is 12.3. The average molecular weight is 247 g/mol. The molecule has 0 unspecified atom stereocenters. The summed E-state index contributed by atoms with van der Waals surface area (Å²) in [6.07, 6.45) is 6.24. The van der Waals surface area contributed by atoms with Gasteiger partial charge in [-0.15, -0.1) is 0 Å². The molecule has 1 N–H and O–H groups in total. The molecule has 0 bridgehead atoms. The standard InChI is InChI=1S/C14H21N3O/c1-3-8-15-13-10-11(7-9-16-13)14(18)17(2)12-5-4-6-12/h7,9-10,12H,3-6,8H2,1-2H3,(H,15,16). The van der Waals surface area contributed by atoms with Crippen molar-refractivity contribution < 1.29 is 4.79 Å². The first-order chi connectivity index (χ1) is 8.72. The number of amides is 1. The van der Waals surface area contributed by atoms with Crippen LogP contribution in [0.2, 0.25) is 0 Å². The van der Waals surface area contributed by atoms with Crippen LogP contribution in [0.5, 0.6) is 0 Å². The number of aromatic nitrogens is 1. The van der Waals surface area contributed by atoms with E-state index in [-0.39, 0.29) is 5.91 Å². The predicted molar refractivity (Wildman–Crippen MR) is 72.8 cm³/mol. The summed E-state index contributed by atoms with van der Waals surface area (Å²) >= 11 is 0. The van der Waals surface area contributed by atoms with Gasteiger partial charge in [0.05, 0.1) is 0 Å². The molecule has 0 saturated heterocycles. The molecule has 0 atom stereocenters. The summed E-state index contributed by atoms with van der Waals surface area (Å²) in [5.41, 5.74) is 0.720. The van der Waals surface area contributed by atoms with Gasteiger partial charge in [-0.25, -0.2) is 4.98 Å². The van der Waals surface area contributed by atoms with Crippen molar-refractivity contribution in [3.05, 3.63) is 23.9 Å². The third-order valence-electron chi connectivity index (χ3n) is 3.51. The van der Waals surface area contributed by atoms with Crippen LogP contribution in [-0.2, 0) is 0 Å². The van der Waals surface area contributed by atoms with Gasteiger partial charge in [-0.05, 0) is 37.8 Å². The van der Waals surface area contributed by atoms with Gasteiger partial charge in [0.2, 0.25) is 0 Å². The number of carbonyl (C=O) groups is 1. The molecule has 0 radical (unpaired) electrons. The van der Waals surface area contributed by atoms with E-state index >= 15 is 0 Å². The minimum atomic E-state index is 0.0987. The Morgan fingerprint density at radius 3 is 2.94 bits per heavy atom. The third-order valence-corrected chi connectivity index (χ3v) is 3.51. The zero-order chi connectivity index (χ0) is 13.0. The van der Waals surface area contributed by atoms with Crippen molar-refractivity contribution in [1.82, 2.24) is 9.88 Å². The molecule has 0 aliphatic heterocycles. The highest BCUT2D eigenvalue weighted by molar-refractivity contribution is 5.94. The molecule has 1 saturated carbocycles. The molecule has 18 heavy (non-hydrogen) atoms. The van der Waals surface area contributed by atoms with Crippen LogP contribution in [0.1, 0.15) is 43.0 Å². The maximum atomic E-state index is 12.3. The van der Waals surface area contributed by atoms with Gasteiger partial charge in [-0.3, -0.25) is 4.79 Å². The van der Waals surface area contributed by atoms with Gasteiger partial charge in [0, 0.05) is 31.4 Å². The van der Waals surface area contributed by atoms with Crippen LogP contribution in [0, 0.1) is 0 Å². The topological polar surface area (TPSA) is 45.2 Å². The Hall–Kier alpha value is -1.58. The van der Waals surface area contributed by atoms with Gasteiger partial charge in [0.15, 0.2) is 0 Å². The van der Waals surface area contributed by atoms with E-state index in [9.17, 15) is 4.79 Å². The van der Waals surface area contributed by atoms with Gasteiger partial charge >= 0.3 is 0 Å². The summed E-state index contributed by atoms with van der Waals surface area (Å²) in [4.78, 5) is 18.4. The van der Waals surface area contributed by atoms with Gasteiger partial charge < -0.3 is 10.2 Å². The summed E-state index contributed by atoms with van der Waals surface area (Å²) in [5, 5.41) is 3.20. The summed E-state index contributed by atoms with van der Waals surface area (Å²) in [7, 11) is 1.89. The van der Waals surface area contributed by atoms with E-state index in [1.807, 2.05) is 18.0 Å². The molecule has 0 spiro atoms. The minimum absolute atomic E-state index is 0.0987. The second kappa shape index (κ2) is 5.85. The fourth-order valence-electron chi connectivity index (χ4n) is 2.06. The van der Waals surface area contributed by atoms with E-state index in [0.29, 0.717) is 6.04 Å². The molecule has 1 heterocycles. The molecular weight excluding hydrogens is 226 g/mol. The molecule has 1 aromatic rings. The minimum Gasteiger partial charge on any atom is -0.370 e. The van der Waals surface area contributed by atoms with E-state index in [4.69, 9.17) is 0 Å². The lowest BCUT2D eigenvalue weighted by molar-refractivity contribution is 0.0652. The van der Waals surface area contributed by atoms with E-state index in [0.717, 1.165) is 37.2 Å². The van der Waals surface area contributed by atoms with Crippen LogP contribution < -0.4 is 5.32 Å². The van der Waals surface area contributed by atoms with Crippen LogP contribution in [0.3, 0.4) is 0 Å². The normalized spacial score (nSPS) is 15.0. The lowest BCUT2D eigenvalue weighted by Crippen LogP contribution is -2.41. The highest BCUT2D eigenvalue weighted by Gasteiger charge is 2.26. The number of hydrogen-bond acceptors (Lipinski definition) is 3. The molecular formula is C14H21N3O. The number of nitrogens with one attached hydrogen (secondary N) is 1. The Balaban J connectivity index is 2.04. The van der Waals surface area contributed by atoms with Crippen molar-refractivity contribution >= 4 is 11.7 Å². The molecule has 1 amide bonds. The van der Waals surface area contributed by atoms with Crippen LogP contribution >= 0.6 is 0 Å². The van der Waals surface area contributed by atoms with Crippen molar-refractivity contribution in [2.75, 3.05) is 18.9 Å². The SMILES string of the molecule is CCCNc1cc(C(=O)N(C)C2CCC2)ccn1. The molecule has 1 aromatic heterocycles. The highest BCUT2D eigenvalue weighted by atomic mass is 16.2. The summed E-state index contributed by atoms with van der Waals surface area (Å²) in [5.74, 6) is 0.881. The van der Waals surface area contributed by atoms with Crippen LogP contribution in [0.25, 0.3) is 0 Å². The number of nitrogens with zero attached hydrogens (tertiary/aromatic N) is 2. The van der Waals surface area contributed by atoms with Crippen molar-refractivity contribution in [3.63, 3.8) is 0 Å². The molecule has 0 aromatic carbocycles. The Morgan fingerprint density at radius 1 is 1.56 bits per heavy atom. The van der Waals surface area contributed by atoms with Gasteiger partial charge in [0.1, 0.15) is 5.82 Å². The summed E-state index contributed by atoms with van der Waals surface area (Å²) in [6, 6.07) is 4.06. The van der Waals surface area contributed by atoms with Gasteiger partial charge in [0.25, 0.3) is 5.91 Å². The van der Waals surface area contributed by atoms with E-state index < -0.39 is 0 Å². The van der Waals surface area contributed by atoms with Crippen molar-refractivity contribution in [1.29, 1.82) is 0 Å². The number of rotatable bonds is 5. The lowest BCUT2D eigenvalue weighted by atomic mass is 9.91. The third kappa shape index (κ3) is 2.81. The van der Waals surface area contributed by atoms with Crippen molar-refractivity contribution in [3.8, 4) is 0 Å². The smallest absolute Gasteiger partial charge is 0.254 e. The fraction of sp³-hybridized carbons (Fsp3) is 0.571. The largest absolute Gasteiger partial charge is 0.370 e. The average Bonchev–Trinajstić information content (AvgIpc) is 2.33. The fourth-order valence-corrected chi connectivity index (χ4v) is 2.06. The molecule has 1 aliphatic rings. The first kappa shape index (κ1) is 12.9. The Morgan fingerprint density at radius 2 is 2.33 bits per heavy atom. The van der Waals surface area contributed by atoms with E-state index in [1.165, 1.54) is 6.42 Å². The number of hydrogen-bond donors (Lipinski definition) is 1. The van der Waals surface area contributed by atoms with Crippen LogP contribution in [0.15, 0.2) is 18.3 Å². The zero-order valence-electron chi connectivity index (χ0n) is 11.1. The monoisotopic (exact) mass is 247 g/mol. The maximum Gasteiger partial charge on any atom is 0.254 e. The number of pyridine rings is 1. The quantitative estimate of drug-likeness (QED) is 0.869. The number of anilines is 1. The van der Waals surface area contributed by atoms with E-state index in [1.54, 1.807) is 12.3 Å². The molecule has 4 nitrogen and oxygen atoms in total. The molecule has 2 rings (SSSR count). The highest BCUT2D eigenvalue weighted by Crippen LogP contribution is 2.25. The lowest BCUT2D eigenvalue weighted by Gasteiger charge is -2.34. The predicted octanol–water partition coefficient (Wildman–Crippen LogP) is 2.53. The van der Waals surface area contributed by atoms with Crippen molar-refractivity contribution in [2.45, 2.75) is 38.6 Å². The van der Waals surface area contributed by atoms with Crippen molar-refractivity contribution in [2.24, 2.45) is 0 Å². The number of carbonyl (C=O) groups excluding carboxylic acids is 1. The molecule has 4 heteroatoms. The summed E-state index contributed by atoms with van der Waals surface area (Å²) in [6.45, 7) is 2.98. The Kier molecular flexibility index (Phi) is 4.18. The first-order valence-corrected chi connectivity index (χ1v) is 6.69. The second-order valence-electron chi connectivity index (χ2n) is 4.86. The van der Waals surface area contributed by atoms with Crippen LogP contribution in [-0.4, -0.2) is 35.4 Å². The summed E-state index contributed by atoms with van der Waals surface area (Å²) < 4.78 is 0. The van der Waals surface area contributed by atoms with Gasteiger partial charge in [-0.1, -0.05) is 6.92 Å². The molecule has 1 aliphatic carbocycles. The zero-order valence-corrected chi connectivity index (χ0v) is 11.1. The van der Waals surface area contributed by atoms with Gasteiger partial charge in [-0.2, -0.15) is 0 Å². The Bertz CT molecular complexity index is 415. The first-order valence-electron chi connectivity index (χ1n) is 6.69. The second-order valence-corrected chi connectivity index (χ2v) is 4.86.